The van der Waals surface area contributed by atoms with E-state index in [0.29, 0.717) is 29.5 Å². The molecule has 31 heavy (non-hydrogen) atoms. The van der Waals surface area contributed by atoms with Crippen LogP contribution in [0.4, 0.5) is 23.3 Å². The van der Waals surface area contributed by atoms with Gasteiger partial charge < -0.3 is 15.5 Å². The minimum absolute atomic E-state index is 0.0395. The van der Waals surface area contributed by atoms with Crippen LogP contribution in [0.5, 0.6) is 0 Å². The van der Waals surface area contributed by atoms with Crippen molar-refractivity contribution < 1.29 is 4.92 Å². The number of anilines is 3. The van der Waals surface area contributed by atoms with Crippen LogP contribution in [0.2, 0.25) is 0 Å². The van der Waals surface area contributed by atoms with E-state index in [2.05, 4.69) is 48.0 Å². The van der Waals surface area contributed by atoms with Gasteiger partial charge in [-0.15, -0.1) is 0 Å². The second-order valence-electron chi connectivity index (χ2n) is 9.31. The highest BCUT2D eigenvalue weighted by Gasteiger charge is 2.32. The van der Waals surface area contributed by atoms with E-state index in [1.807, 2.05) is 11.0 Å². The molecule has 0 bridgehead atoms. The molecule has 8 heteroatoms. The van der Waals surface area contributed by atoms with Crippen molar-refractivity contribution in [3.05, 3.63) is 46.0 Å². The second-order valence-corrected chi connectivity index (χ2v) is 9.31. The molecule has 8 nitrogen and oxygen atoms in total. The highest BCUT2D eigenvalue weighted by Crippen LogP contribution is 2.36. The smallest absolute Gasteiger partial charge is 0.353 e. The predicted octanol–water partition coefficient (Wildman–Crippen LogP) is 3.91. The molecule has 0 aliphatic carbocycles. The van der Waals surface area contributed by atoms with E-state index in [0.717, 1.165) is 45.4 Å². The molecular formula is C23H32N6O2. The normalized spacial score (nSPS) is 22.5. The van der Waals surface area contributed by atoms with Crippen molar-refractivity contribution in [3.63, 3.8) is 0 Å². The molecule has 3 heterocycles. The number of hydrogen-bond acceptors (Lipinski definition) is 7. The maximum absolute atomic E-state index is 11.8. The molecule has 0 spiro atoms. The minimum atomic E-state index is -0.439. The van der Waals surface area contributed by atoms with Gasteiger partial charge in [0.25, 0.3) is 0 Å². The summed E-state index contributed by atoms with van der Waals surface area (Å²) in [4.78, 5) is 24.5. The van der Waals surface area contributed by atoms with Crippen molar-refractivity contribution in [2.24, 2.45) is 17.8 Å². The van der Waals surface area contributed by atoms with Crippen LogP contribution in [0.3, 0.4) is 0 Å². The third-order valence-corrected chi connectivity index (χ3v) is 6.50. The molecule has 2 fully saturated rings. The first-order valence-corrected chi connectivity index (χ1v) is 11.3. The zero-order valence-electron chi connectivity index (χ0n) is 18.4. The van der Waals surface area contributed by atoms with Crippen LogP contribution in [0.1, 0.15) is 38.7 Å². The van der Waals surface area contributed by atoms with Crippen molar-refractivity contribution in [1.29, 1.82) is 0 Å². The van der Waals surface area contributed by atoms with Crippen molar-refractivity contribution >= 4 is 23.3 Å². The summed E-state index contributed by atoms with van der Waals surface area (Å²) in [6.07, 6.45) is 4.16. The number of nitrogen functional groups attached to an aromatic ring is 1. The van der Waals surface area contributed by atoms with E-state index < -0.39 is 4.92 Å². The summed E-state index contributed by atoms with van der Waals surface area (Å²) in [6, 6.07) is 10.5. The molecule has 166 valence electrons. The number of nitrogens with two attached hydrogens (primary N) is 1. The van der Waals surface area contributed by atoms with Crippen LogP contribution in [-0.2, 0) is 6.42 Å². The van der Waals surface area contributed by atoms with Gasteiger partial charge >= 0.3 is 5.69 Å². The summed E-state index contributed by atoms with van der Waals surface area (Å²) in [7, 11) is 0. The van der Waals surface area contributed by atoms with Gasteiger partial charge in [-0.3, -0.25) is 10.1 Å². The summed E-state index contributed by atoms with van der Waals surface area (Å²) < 4.78 is 0. The van der Waals surface area contributed by atoms with Gasteiger partial charge in [-0.05, 0) is 49.0 Å². The molecule has 1 aromatic heterocycles. The first-order chi connectivity index (χ1) is 14.9. The summed E-state index contributed by atoms with van der Waals surface area (Å²) >= 11 is 0. The lowest BCUT2D eigenvalue weighted by molar-refractivity contribution is -0.383. The topological polar surface area (TPSA) is 101 Å². The van der Waals surface area contributed by atoms with Crippen molar-refractivity contribution in [2.45, 2.75) is 39.5 Å². The van der Waals surface area contributed by atoms with Crippen molar-refractivity contribution in [2.75, 3.05) is 41.7 Å². The van der Waals surface area contributed by atoms with Gasteiger partial charge in [0.05, 0.1) is 4.92 Å². The molecule has 2 atom stereocenters. The monoisotopic (exact) mass is 424 g/mol. The number of nitro groups is 1. The number of hydrogen-bond donors (Lipinski definition) is 1. The lowest BCUT2D eigenvalue weighted by Gasteiger charge is -2.36. The third kappa shape index (κ3) is 4.89. The summed E-state index contributed by atoms with van der Waals surface area (Å²) in [5.41, 5.74) is 7.27. The Morgan fingerprint density at radius 2 is 1.71 bits per heavy atom. The fourth-order valence-electron chi connectivity index (χ4n) is 5.11. The average molecular weight is 425 g/mol. The molecule has 1 aromatic carbocycles. The Kier molecular flexibility index (Phi) is 6.25. The van der Waals surface area contributed by atoms with Crippen LogP contribution in [-0.4, -0.2) is 41.1 Å². The Balaban J connectivity index is 1.54. The van der Waals surface area contributed by atoms with Gasteiger partial charge in [0.1, 0.15) is 0 Å². The molecule has 0 radical (unpaired) electrons. The Labute approximate surface area is 183 Å². The highest BCUT2D eigenvalue weighted by molar-refractivity contribution is 5.71. The third-order valence-electron chi connectivity index (χ3n) is 6.50. The van der Waals surface area contributed by atoms with Crippen LogP contribution in [0.25, 0.3) is 0 Å². The van der Waals surface area contributed by atoms with E-state index in [-0.39, 0.29) is 11.5 Å². The zero-order chi connectivity index (χ0) is 22.0. The second kappa shape index (κ2) is 9.08. The molecule has 0 saturated carbocycles. The maximum Gasteiger partial charge on any atom is 0.353 e. The first kappa shape index (κ1) is 21.3. The number of rotatable bonds is 5. The number of aromatic nitrogens is 2. The lowest BCUT2D eigenvalue weighted by Crippen LogP contribution is -2.40. The van der Waals surface area contributed by atoms with Crippen molar-refractivity contribution in [1.82, 2.24) is 9.97 Å². The zero-order valence-corrected chi connectivity index (χ0v) is 18.4. The van der Waals surface area contributed by atoms with E-state index >= 15 is 0 Å². The number of benzene rings is 1. The first-order valence-electron chi connectivity index (χ1n) is 11.3. The Morgan fingerprint density at radius 1 is 1.06 bits per heavy atom. The number of nitrogens with zero attached hydrogens (tertiary/aromatic N) is 5. The molecule has 2 aliphatic heterocycles. The van der Waals surface area contributed by atoms with Gasteiger partial charge in [0, 0.05) is 26.2 Å². The predicted molar refractivity (Wildman–Crippen MR) is 123 cm³/mol. The van der Waals surface area contributed by atoms with E-state index in [1.165, 1.54) is 12.0 Å². The van der Waals surface area contributed by atoms with Gasteiger partial charge in [0.2, 0.25) is 17.6 Å². The van der Waals surface area contributed by atoms with Crippen LogP contribution >= 0.6 is 0 Å². The molecule has 2 aromatic rings. The van der Waals surface area contributed by atoms with E-state index in [9.17, 15) is 10.1 Å². The van der Waals surface area contributed by atoms with Crippen LogP contribution in [0, 0.1) is 27.9 Å². The van der Waals surface area contributed by atoms with E-state index in [4.69, 9.17) is 10.7 Å². The molecule has 0 amide bonds. The molecular weight excluding hydrogens is 392 g/mol. The quantitative estimate of drug-likeness (QED) is 0.573. The van der Waals surface area contributed by atoms with Crippen LogP contribution < -0.4 is 15.5 Å². The summed E-state index contributed by atoms with van der Waals surface area (Å²) in [6.45, 7) is 7.61. The maximum atomic E-state index is 11.8. The Morgan fingerprint density at radius 3 is 2.32 bits per heavy atom. The fourth-order valence-corrected chi connectivity index (χ4v) is 5.11. The molecule has 4 rings (SSSR count). The molecule has 2 aliphatic rings. The summed E-state index contributed by atoms with van der Waals surface area (Å²) in [5.74, 6) is 2.48. The van der Waals surface area contributed by atoms with E-state index in [1.54, 1.807) is 0 Å². The lowest BCUT2D eigenvalue weighted by atomic mass is 9.90. The Bertz CT molecular complexity index is 904. The summed E-state index contributed by atoms with van der Waals surface area (Å²) in [5, 5.41) is 11.8. The van der Waals surface area contributed by atoms with Gasteiger partial charge in [-0.2, -0.15) is 9.97 Å². The average Bonchev–Trinajstić information content (AvgIpc) is 2.73. The van der Waals surface area contributed by atoms with Gasteiger partial charge in [-0.25, -0.2) is 0 Å². The Hall–Kier alpha value is -2.90. The molecule has 2 N–H and O–H groups in total. The van der Waals surface area contributed by atoms with Gasteiger partial charge in [0.15, 0.2) is 0 Å². The van der Waals surface area contributed by atoms with Crippen molar-refractivity contribution in [3.8, 4) is 0 Å². The largest absolute Gasteiger partial charge is 0.378 e. The standard InChI is InChI=1S/C23H32N6O2/c1-16-12-17(2)15-28(14-16)23-25-21(24)20(29(30)31)22(26-23)27-10-8-19(9-11-27)13-18-6-4-3-5-7-18/h3-7,16-17,19H,8-15H2,1-2H3,(H2,24,25,26)/t16-,17+. The molecule has 2 saturated heterocycles. The molecule has 0 unspecified atom stereocenters. The van der Waals surface area contributed by atoms with Crippen LogP contribution in [0.15, 0.2) is 30.3 Å². The fraction of sp³-hybridized carbons (Fsp3) is 0.565. The highest BCUT2D eigenvalue weighted by atomic mass is 16.6. The minimum Gasteiger partial charge on any atom is -0.378 e. The number of piperidine rings is 2. The SMILES string of the molecule is C[C@@H]1C[C@H](C)CN(c2nc(N)c([N+](=O)[O-])c(N3CCC(Cc4ccccc4)CC3)n2)C1. The van der Waals surface area contributed by atoms with Gasteiger partial charge in [-0.1, -0.05) is 44.2 Å².